The van der Waals surface area contributed by atoms with Crippen LogP contribution in [-0.2, 0) is 11.3 Å². The Hall–Kier alpha value is -2.51. The lowest BCUT2D eigenvalue weighted by atomic mass is 9.98. The van der Waals surface area contributed by atoms with E-state index in [1.807, 2.05) is 17.9 Å². The van der Waals surface area contributed by atoms with Crippen LogP contribution in [0.1, 0.15) is 18.5 Å². The summed E-state index contributed by atoms with van der Waals surface area (Å²) in [5, 5.41) is 3.96. The number of aryl methyl sites for hydroxylation is 1. The van der Waals surface area contributed by atoms with Gasteiger partial charge in [-0.15, -0.1) is 0 Å². The highest BCUT2D eigenvalue weighted by atomic mass is 16.5. The van der Waals surface area contributed by atoms with E-state index < -0.39 is 0 Å². The van der Waals surface area contributed by atoms with Crippen molar-refractivity contribution in [3.05, 3.63) is 30.7 Å². The third-order valence-corrected chi connectivity index (χ3v) is 3.98. The molecule has 0 aliphatic carbocycles. The van der Waals surface area contributed by atoms with Crippen LogP contribution in [0.4, 0.5) is 0 Å². The summed E-state index contributed by atoms with van der Waals surface area (Å²) in [6.45, 7) is 4.30. The summed E-state index contributed by atoms with van der Waals surface area (Å²) >= 11 is 0. The Bertz CT molecular complexity index is 637. The van der Waals surface area contributed by atoms with Crippen LogP contribution in [0.5, 0.6) is 5.88 Å². The summed E-state index contributed by atoms with van der Waals surface area (Å²) in [6, 6.07) is 1.83. The lowest BCUT2D eigenvalue weighted by Gasteiger charge is -2.31. The largest absolute Gasteiger partial charge is 0.477 e. The van der Waals surface area contributed by atoms with Crippen molar-refractivity contribution in [2.45, 2.75) is 26.3 Å². The van der Waals surface area contributed by atoms with Gasteiger partial charge in [0.2, 0.25) is 11.8 Å². The van der Waals surface area contributed by atoms with Gasteiger partial charge in [0.15, 0.2) is 0 Å². The van der Waals surface area contributed by atoms with Gasteiger partial charge in [-0.2, -0.15) is 5.10 Å². The van der Waals surface area contributed by atoms with Crippen molar-refractivity contribution in [1.82, 2.24) is 29.6 Å². The number of rotatable bonds is 5. The number of carbonyl (C=O) groups excluding carboxylic acids is 1. The predicted molar refractivity (Wildman–Crippen MR) is 81.6 cm³/mol. The molecule has 1 aliphatic heterocycles. The van der Waals surface area contributed by atoms with Crippen LogP contribution >= 0.6 is 0 Å². The summed E-state index contributed by atoms with van der Waals surface area (Å²) in [5.41, 5.74) is 0.892. The summed E-state index contributed by atoms with van der Waals surface area (Å²) in [4.78, 5) is 26.0. The van der Waals surface area contributed by atoms with Gasteiger partial charge in [0.1, 0.15) is 25.5 Å². The Morgan fingerprint density at radius 3 is 2.83 bits per heavy atom. The van der Waals surface area contributed by atoms with Crippen molar-refractivity contribution >= 4 is 5.91 Å². The van der Waals surface area contributed by atoms with Crippen molar-refractivity contribution in [3.63, 3.8) is 0 Å². The Morgan fingerprint density at radius 1 is 1.30 bits per heavy atom. The molecule has 122 valence electrons. The van der Waals surface area contributed by atoms with E-state index in [0.717, 1.165) is 31.6 Å². The first-order valence-corrected chi connectivity index (χ1v) is 7.72. The first-order valence-electron chi connectivity index (χ1n) is 7.72. The number of hydrogen-bond donors (Lipinski definition) is 0. The Labute approximate surface area is 134 Å². The zero-order valence-electron chi connectivity index (χ0n) is 13.1. The van der Waals surface area contributed by atoms with Crippen LogP contribution in [0.3, 0.4) is 0 Å². The maximum Gasteiger partial charge on any atom is 0.244 e. The van der Waals surface area contributed by atoms with E-state index >= 15 is 0 Å². The van der Waals surface area contributed by atoms with Crippen molar-refractivity contribution in [3.8, 4) is 5.88 Å². The smallest absolute Gasteiger partial charge is 0.244 e. The van der Waals surface area contributed by atoms with Gasteiger partial charge in [-0.1, -0.05) is 0 Å². The molecule has 3 heterocycles. The number of carbonyl (C=O) groups is 1. The molecule has 3 rings (SSSR count). The SMILES string of the molecule is Cc1cc(OCC2CCN(C(=O)Cn3cncn3)CC2)ncn1. The third-order valence-electron chi connectivity index (χ3n) is 3.98. The highest BCUT2D eigenvalue weighted by molar-refractivity contribution is 5.75. The Morgan fingerprint density at radius 2 is 2.13 bits per heavy atom. The van der Waals surface area contributed by atoms with Crippen LogP contribution in [0.25, 0.3) is 0 Å². The van der Waals surface area contributed by atoms with Crippen LogP contribution in [0, 0.1) is 12.8 Å². The minimum Gasteiger partial charge on any atom is -0.477 e. The van der Waals surface area contributed by atoms with Gasteiger partial charge in [-0.3, -0.25) is 4.79 Å². The average Bonchev–Trinajstić information content (AvgIpc) is 3.06. The van der Waals surface area contributed by atoms with E-state index in [-0.39, 0.29) is 12.5 Å². The predicted octanol–water partition coefficient (Wildman–Crippen LogP) is 0.694. The molecule has 0 aromatic carbocycles. The number of nitrogens with zero attached hydrogens (tertiary/aromatic N) is 6. The molecule has 0 spiro atoms. The van der Waals surface area contributed by atoms with E-state index in [1.54, 1.807) is 11.0 Å². The standard InChI is InChI=1S/C15H20N6O2/c1-12-6-14(18-10-17-12)23-8-13-2-4-20(5-3-13)15(22)7-21-11-16-9-19-21/h6,9-11,13H,2-5,7-8H2,1H3. The van der Waals surface area contributed by atoms with Crippen molar-refractivity contribution in [2.24, 2.45) is 5.92 Å². The molecular formula is C15H20N6O2. The summed E-state index contributed by atoms with van der Waals surface area (Å²) in [6.07, 6.45) is 6.38. The maximum absolute atomic E-state index is 12.2. The highest BCUT2D eigenvalue weighted by Crippen LogP contribution is 2.19. The molecule has 0 bridgehead atoms. The minimum atomic E-state index is 0.0845. The van der Waals surface area contributed by atoms with Crippen LogP contribution in [0.15, 0.2) is 25.0 Å². The van der Waals surface area contributed by atoms with Crippen LogP contribution in [-0.4, -0.2) is 55.2 Å². The molecule has 0 N–H and O–H groups in total. The summed E-state index contributed by atoms with van der Waals surface area (Å²) in [7, 11) is 0. The quantitative estimate of drug-likeness (QED) is 0.807. The Kier molecular flexibility index (Phi) is 4.80. The van der Waals surface area contributed by atoms with Gasteiger partial charge >= 0.3 is 0 Å². The monoisotopic (exact) mass is 316 g/mol. The highest BCUT2D eigenvalue weighted by Gasteiger charge is 2.23. The molecule has 1 saturated heterocycles. The third kappa shape index (κ3) is 4.24. The van der Waals surface area contributed by atoms with Gasteiger partial charge in [-0.05, 0) is 25.7 Å². The number of likely N-dealkylation sites (tertiary alicyclic amines) is 1. The zero-order valence-corrected chi connectivity index (χ0v) is 13.1. The molecule has 23 heavy (non-hydrogen) atoms. The second-order valence-electron chi connectivity index (χ2n) is 5.73. The molecule has 8 nitrogen and oxygen atoms in total. The van der Waals surface area contributed by atoms with Crippen molar-refractivity contribution < 1.29 is 9.53 Å². The molecule has 2 aromatic rings. The first-order chi connectivity index (χ1) is 11.2. The molecule has 1 amide bonds. The van der Waals surface area contributed by atoms with Crippen LogP contribution < -0.4 is 4.74 Å². The van der Waals surface area contributed by atoms with E-state index in [9.17, 15) is 4.79 Å². The lowest BCUT2D eigenvalue weighted by Crippen LogP contribution is -2.41. The van der Waals surface area contributed by atoms with Gasteiger partial charge in [0.05, 0.1) is 6.61 Å². The van der Waals surface area contributed by atoms with E-state index in [0.29, 0.717) is 18.4 Å². The molecule has 8 heteroatoms. The maximum atomic E-state index is 12.2. The fraction of sp³-hybridized carbons (Fsp3) is 0.533. The first kappa shape index (κ1) is 15.4. The van der Waals surface area contributed by atoms with Crippen molar-refractivity contribution in [2.75, 3.05) is 19.7 Å². The van der Waals surface area contributed by atoms with Gasteiger partial charge in [0, 0.05) is 24.8 Å². The molecule has 0 atom stereocenters. The van der Waals surface area contributed by atoms with Crippen molar-refractivity contribution in [1.29, 1.82) is 0 Å². The van der Waals surface area contributed by atoms with Gasteiger partial charge < -0.3 is 9.64 Å². The fourth-order valence-electron chi connectivity index (χ4n) is 2.61. The number of piperidine rings is 1. The van der Waals surface area contributed by atoms with Crippen LogP contribution in [0.2, 0.25) is 0 Å². The molecule has 0 radical (unpaired) electrons. The molecule has 1 fully saturated rings. The minimum absolute atomic E-state index is 0.0845. The number of ether oxygens (including phenoxy) is 1. The molecular weight excluding hydrogens is 296 g/mol. The van der Waals surface area contributed by atoms with E-state index in [4.69, 9.17) is 4.74 Å². The second kappa shape index (κ2) is 7.17. The fourth-order valence-corrected chi connectivity index (χ4v) is 2.61. The van der Waals surface area contributed by atoms with E-state index in [1.165, 1.54) is 12.7 Å². The molecule has 0 saturated carbocycles. The summed E-state index contributed by atoms with van der Waals surface area (Å²) in [5.74, 6) is 1.14. The van der Waals surface area contributed by atoms with Gasteiger partial charge in [-0.25, -0.2) is 19.6 Å². The summed E-state index contributed by atoms with van der Waals surface area (Å²) < 4.78 is 7.28. The normalized spacial score (nSPS) is 15.6. The molecule has 2 aromatic heterocycles. The topological polar surface area (TPSA) is 86.0 Å². The molecule has 1 aliphatic rings. The number of aromatic nitrogens is 5. The zero-order chi connectivity index (χ0) is 16.1. The van der Waals surface area contributed by atoms with E-state index in [2.05, 4.69) is 20.1 Å². The van der Waals surface area contributed by atoms with Gasteiger partial charge in [0.25, 0.3) is 0 Å². The Balaban J connectivity index is 1.42. The lowest BCUT2D eigenvalue weighted by molar-refractivity contribution is -0.133. The molecule has 0 unspecified atom stereocenters. The number of amides is 1. The average molecular weight is 316 g/mol. The second-order valence-corrected chi connectivity index (χ2v) is 5.73. The number of hydrogen-bond acceptors (Lipinski definition) is 6.